The maximum absolute atomic E-state index is 12.0. The molecule has 1 aromatic heterocycles. The highest BCUT2D eigenvalue weighted by atomic mass is 16.5. The van der Waals surface area contributed by atoms with Gasteiger partial charge in [0, 0.05) is 24.1 Å². The molecule has 0 fully saturated rings. The Labute approximate surface area is 140 Å². The Balaban J connectivity index is 1.53. The largest absolute Gasteiger partial charge is 0.339 e. The summed E-state index contributed by atoms with van der Waals surface area (Å²) in [5.74, 6) is 0.935. The van der Waals surface area contributed by atoms with Gasteiger partial charge < -0.3 is 9.84 Å². The van der Waals surface area contributed by atoms with E-state index in [-0.39, 0.29) is 5.91 Å². The van der Waals surface area contributed by atoms with Gasteiger partial charge in [-0.15, -0.1) is 0 Å². The predicted molar refractivity (Wildman–Crippen MR) is 92.5 cm³/mol. The number of carbonyl (C=O) groups is 1. The van der Waals surface area contributed by atoms with Crippen molar-refractivity contribution < 1.29 is 9.32 Å². The molecule has 0 radical (unpaired) electrons. The molecule has 1 amide bonds. The summed E-state index contributed by atoms with van der Waals surface area (Å²) < 4.78 is 5.21. The summed E-state index contributed by atoms with van der Waals surface area (Å²) in [5.41, 5.74) is 2.94. The highest BCUT2D eigenvalue weighted by molar-refractivity contribution is 5.90. The number of aryl methyl sites for hydroxylation is 2. The molecule has 0 saturated heterocycles. The molecule has 0 unspecified atom stereocenters. The van der Waals surface area contributed by atoms with Crippen LogP contribution in [0.15, 0.2) is 59.1 Å². The van der Waals surface area contributed by atoms with Crippen molar-refractivity contribution in [1.29, 1.82) is 0 Å². The molecule has 3 rings (SSSR count). The molecule has 0 spiro atoms. The van der Waals surface area contributed by atoms with Gasteiger partial charge in [0.1, 0.15) is 0 Å². The second kappa shape index (κ2) is 7.55. The molecule has 0 atom stereocenters. The molecule has 2 aromatic carbocycles. The van der Waals surface area contributed by atoms with Crippen LogP contribution in [0.5, 0.6) is 0 Å². The maximum atomic E-state index is 12.0. The smallest absolute Gasteiger partial charge is 0.227 e. The van der Waals surface area contributed by atoms with Crippen LogP contribution in [-0.4, -0.2) is 16.0 Å². The fraction of sp³-hybridized carbons (Fsp3) is 0.211. The summed E-state index contributed by atoms with van der Waals surface area (Å²) in [4.78, 5) is 16.3. The number of aromatic nitrogens is 2. The van der Waals surface area contributed by atoms with Gasteiger partial charge in [0.25, 0.3) is 0 Å². The zero-order valence-corrected chi connectivity index (χ0v) is 13.5. The van der Waals surface area contributed by atoms with Crippen molar-refractivity contribution in [1.82, 2.24) is 10.1 Å². The molecule has 5 heteroatoms. The van der Waals surface area contributed by atoms with Gasteiger partial charge in [0.2, 0.25) is 17.6 Å². The van der Waals surface area contributed by atoms with E-state index in [0.717, 1.165) is 17.7 Å². The zero-order chi connectivity index (χ0) is 16.8. The molecular weight excluding hydrogens is 302 g/mol. The van der Waals surface area contributed by atoms with Crippen LogP contribution in [0, 0.1) is 0 Å². The Morgan fingerprint density at radius 3 is 2.54 bits per heavy atom. The minimum absolute atomic E-state index is 0.0706. The van der Waals surface area contributed by atoms with Gasteiger partial charge >= 0.3 is 0 Å². The second-order valence-corrected chi connectivity index (χ2v) is 5.48. The van der Waals surface area contributed by atoms with Crippen molar-refractivity contribution in [3.05, 3.63) is 66.1 Å². The van der Waals surface area contributed by atoms with E-state index in [9.17, 15) is 4.79 Å². The number of benzene rings is 2. The zero-order valence-electron chi connectivity index (χ0n) is 13.5. The number of nitrogens with zero attached hydrogens (tertiary/aromatic N) is 2. The van der Waals surface area contributed by atoms with E-state index in [4.69, 9.17) is 4.52 Å². The van der Waals surface area contributed by atoms with Gasteiger partial charge in [-0.3, -0.25) is 4.79 Å². The standard InChI is InChI=1S/C19H19N3O2/c1-2-14-8-10-16(11-9-14)20-17(23)12-13-18-21-19(22-24-18)15-6-4-3-5-7-15/h3-11H,2,12-13H2,1H3,(H,20,23). The summed E-state index contributed by atoms with van der Waals surface area (Å²) >= 11 is 0. The van der Waals surface area contributed by atoms with E-state index >= 15 is 0 Å². The highest BCUT2D eigenvalue weighted by Gasteiger charge is 2.10. The first-order valence-corrected chi connectivity index (χ1v) is 8.01. The van der Waals surface area contributed by atoms with Gasteiger partial charge in [-0.1, -0.05) is 54.5 Å². The number of rotatable bonds is 6. The Bertz CT molecular complexity index is 795. The van der Waals surface area contributed by atoms with Crippen molar-refractivity contribution in [2.75, 3.05) is 5.32 Å². The van der Waals surface area contributed by atoms with Crippen molar-refractivity contribution in [3.8, 4) is 11.4 Å². The third-order valence-electron chi connectivity index (χ3n) is 3.71. The van der Waals surface area contributed by atoms with Crippen molar-refractivity contribution in [2.24, 2.45) is 0 Å². The number of hydrogen-bond donors (Lipinski definition) is 1. The van der Waals surface area contributed by atoms with Crippen LogP contribution in [-0.2, 0) is 17.6 Å². The lowest BCUT2D eigenvalue weighted by Crippen LogP contribution is -2.12. The minimum Gasteiger partial charge on any atom is -0.339 e. The van der Waals surface area contributed by atoms with Gasteiger partial charge in [0.05, 0.1) is 0 Å². The summed E-state index contributed by atoms with van der Waals surface area (Å²) in [6.07, 6.45) is 1.69. The van der Waals surface area contributed by atoms with E-state index in [1.165, 1.54) is 5.56 Å². The lowest BCUT2D eigenvalue weighted by molar-refractivity contribution is -0.116. The van der Waals surface area contributed by atoms with Crippen molar-refractivity contribution in [3.63, 3.8) is 0 Å². The summed E-state index contributed by atoms with van der Waals surface area (Å²) in [5, 5.41) is 6.82. The molecule has 0 aliphatic rings. The van der Waals surface area contributed by atoms with Crippen molar-refractivity contribution in [2.45, 2.75) is 26.2 Å². The normalized spacial score (nSPS) is 10.5. The molecule has 0 aliphatic heterocycles. The van der Waals surface area contributed by atoms with E-state index in [1.807, 2.05) is 54.6 Å². The molecule has 5 nitrogen and oxygen atoms in total. The third-order valence-corrected chi connectivity index (χ3v) is 3.71. The van der Waals surface area contributed by atoms with Crippen LogP contribution < -0.4 is 5.32 Å². The van der Waals surface area contributed by atoms with E-state index in [0.29, 0.717) is 24.6 Å². The minimum atomic E-state index is -0.0706. The molecule has 3 aromatic rings. The first kappa shape index (κ1) is 15.9. The molecule has 24 heavy (non-hydrogen) atoms. The quantitative estimate of drug-likeness (QED) is 0.748. The summed E-state index contributed by atoms with van der Waals surface area (Å²) in [7, 11) is 0. The Kier molecular flexibility index (Phi) is 5.01. The molecule has 1 heterocycles. The average molecular weight is 321 g/mol. The van der Waals surface area contributed by atoms with E-state index in [1.54, 1.807) is 0 Å². The monoisotopic (exact) mass is 321 g/mol. The fourth-order valence-corrected chi connectivity index (χ4v) is 2.33. The topological polar surface area (TPSA) is 68.0 Å². The predicted octanol–water partition coefficient (Wildman–Crippen LogP) is 3.87. The highest BCUT2D eigenvalue weighted by Crippen LogP contribution is 2.16. The lowest BCUT2D eigenvalue weighted by atomic mass is 10.1. The summed E-state index contributed by atoms with van der Waals surface area (Å²) in [6.45, 7) is 2.10. The third kappa shape index (κ3) is 4.07. The lowest BCUT2D eigenvalue weighted by Gasteiger charge is -2.05. The van der Waals surface area contributed by atoms with Crippen LogP contribution >= 0.6 is 0 Å². The fourth-order valence-electron chi connectivity index (χ4n) is 2.33. The van der Waals surface area contributed by atoms with Gasteiger partial charge in [-0.05, 0) is 24.1 Å². The summed E-state index contributed by atoms with van der Waals surface area (Å²) in [6, 6.07) is 17.5. The van der Waals surface area contributed by atoms with Crippen LogP contribution in [0.3, 0.4) is 0 Å². The molecule has 0 saturated carbocycles. The van der Waals surface area contributed by atoms with Crippen LogP contribution in [0.4, 0.5) is 5.69 Å². The number of amides is 1. The number of hydrogen-bond acceptors (Lipinski definition) is 4. The van der Waals surface area contributed by atoms with Crippen molar-refractivity contribution >= 4 is 11.6 Å². The molecule has 0 bridgehead atoms. The average Bonchev–Trinajstić information content (AvgIpc) is 3.10. The molecule has 0 aliphatic carbocycles. The Hall–Kier alpha value is -2.95. The van der Waals surface area contributed by atoms with Crippen LogP contribution in [0.2, 0.25) is 0 Å². The maximum Gasteiger partial charge on any atom is 0.227 e. The molecule has 122 valence electrons. The van der Waals surface area contributed by atoms with Crippen LogP contribution in [0.25, 0.3) is 11.4 Å². The van der Waals surface area contributed by atoms with Gasteiger partial charge in [-0.25, -0.2) is 0 Å². The SMILES string of the molecule is CCc1ccc(NC(=O)CCc2nc(-c3ccccc3)no2)cc1. The number of anilines is 1. The number of carbonyl (C=O) groups excluding carboxylic acids is 1. The molecular formula is C19H19N3O2. The van der Waals surface area contributed by atoms with Gasteiger partial charge in [-0.2, -0.15) is 4.98 Å². The van der Waals surface area contributed by atoms with Crippen LogP contribution in [0.1, 0.15) is 24.8 Å². The second-order valence-electron chi connectivity index (χ2n) is 5.48. The molecule has 1 N–H and O–H groups in total. The van der Waals surface area contributed by atoms with E-state index < -0.39 is 0 Å². The first-order valence-electron chi connectivity index (χ1n) is 8.01. The first-order chi connectivity index (χ1) is 11.7. The Morgan fingerprint density at radius 1 is 1.08 bits per heavy atom. The number of nitrogens with one attached hydrogen (secondary N) is 1. The van der Waals surface area contributed by atoms with Gasteiger partial charge in [0.15, 0.2) is 0 Å². The van der Waals surface area contributed by atoms with E-state index in [2.05, 4.69) is 22.4 Å². The Morgan fingerprint density at radius 2 is 1.83 bits per heavy atom.